The van der Waals surface area contributed by atoms with Crippen LogP contribution >= 0.6 is 15.9 Å². The summed E-state index contributed by atoms with van der Waals surface area (Å²) in [5.41, 5.74) is 1.11. The first-order valence-electron chi connectivity index (χ1n) is 5.80. The van der Waals surface area contributed by atoms with Crippen LogP contribution in [0.1, 0.15) is 5.56 Å². The van der Waals surface area contributed by atoms with Gasteiger partial charge in [0.2, 0.25) is 0 Å². The monoisotopic (exact) mass is 333 g/mol. The van der Waals surface area contributed by atoms with Crippen LogP contribution in [0.5, 0.6) is 0 Å². The summed E-state index contributed by atoms with van der Waals surface area (Å²) in [5, 5.41) is 2.68. The highest BCUT2D eigenvalue weighted by Crippen LogP contribution is 2.29. The summed E-state index contributed by atoms with van der Waals surface area (Å²) in [6.45, 7) is 1.47. The van der Waals surface area contributed by atoms with Gasteiger partial charge in [0.05, 0.1) is 18.1 Å². The van der Waals surface area contributed by atoms with Crippen LogP contribution in [-0.4, -0.2) is 40.5 Å². The lowest BCUT2D eigenvalue weighted by molar-refractivity contribution is 0.0416. The van der Waals surface area contributed by atoms with Gasteiger partial charge < -0.3 is 10.1 Å². The minimum absolute atomic E-state index is 0.302. The van der Waals surface area contributed by atoms with E-state index >= 15 is 0 Å². The Morgan fingerprint density at radius 2 is 2.17 bits per heavy atom. The molecule has 2 rings (SSSR count). The van der Waals surface area contributed by atoms with Gasteiger partial charge in [-0.15, -0.1) is 0 Å². The zero-order valence-electron chi connectivity index (χ0n) is 10.1. The number of nitrogens with one attached hydrogen (secondary N) is 1. The summed E-state index contributed by atoms with van der Waals surface area (Å²) < 4.78 is 30.1. The summed E-state index contributed by atoms with van der Waals surface area (Å²) >= 11 is 3.36. The third-order valence-corrected chi connectivity index (χ3v) is 6.05. The van der Waals surface area contributed by atoms with Gasteiger partial charge in [-0.3, -0.25) is 0 Å². The van der Waals surface area contributed by atoms with E-state index in [-0.39, 0.29) is 0 Å². The Morgan fingerprint density at radius 3 is 2.67 bits per heavy atom. The molecule has 1 aliphatic heterocycles. The van der Waals surface area contributed by atoms with E-state index in [9.17, 15) is 8.42 Å². The predicted molar refractivity (Wildman–Crippen MR) is 73.6 cm³/mol. The highest BCUT2D eigenvalue weighted by molar-refractivity contribution is 9.10. The topological polar surface area (TPSA) is 55.4 Å². The summed E-state index contributed by atoms with van der Waals surface area (Å²) in [7, 11) is -1.36. The van der Waals surface area contributed by atoms with E-state index in [2.05, 4.69) is 21.2 Å². The molecule has 0 aromatic heterocycles. The largest absolute Gasteiger partial charge is 0.379 e. The Hall–Kier alpha value is -0.430. The molecule has 0 aliphatic carbocycles. The van der Waals surface area contributed by atoms with Crippen molar-refractivity contribution in [2.24, 2.45) is 0 Å². The van der Waals surface area contributed by atoms with Crippen LogP contribution in [-0.2, 0) is 21.0 Å². The smallest absolute Gasteiger partial charge is 0.186 e. The van der Waals surface area contributed by atoms with Gasteiger partial charge in [0, 0.05) is 4.47 Å². The van der Waals surface area contributed by atoms with Crippen molar-refractivity contribution >= 4 is 25.8 Å². The molecule has 1 aromatic rings. The number of benzene rings is 1. The molecule has 1 aromatic carbocycles. The summed E-state index contributed by atoms with van der Waals surface area (Å²) in [6.07, 6.45) is 0.877. The number of likely N-dealkylation sites (N-methyl/N-ethyl adjacent to an activating group) is 1. The van der Waals surface area contributed by atoms with Crippen molar-refractivity contribution in [3.05, 3.63) is 28.2 Å². The van der Waals surface area contributed by atoms with Crippen LogP contribution in [0, 0.1) is 0 Å². The lowest BCUT2D eigenvalue weighted by Crippen LogP contribution is -2.40. The molecule has 6 heteroatoms. The van der Waals surface area contributed by atoms with Gasteiger partial charge in [-0.2, -0.15) is 0 Å². The second kappa shape index (κ2) is 5.69. The van der Waals surface area contributed by atoms with Crippen LogP contribution in [0.15, 0.2) is 27.6 Å². The van der Waals surface area contributed by atoms with E-state index in [4.69, 9.17) is 4.74 Å². The molecule has 1 heterocycles. The number of rotatable bonds is 5. The van der Waals surface area contributed by atoms with Crippen molar-refractivity contribution in [2.75, 3.05) is 26.8 Å². The van der Waals surface area contributed by atoms with Gasteiger partial charge in [-0.25, -0.2) is 8.42 Å². The van der Waals surface area contributed by atoms with Crippen LogP contribution in [0.2, 0.25) is 0 Å². The fraction of sp³-hybridized carbons (Fsp3) is 0.500. The number of hydrogen-bond acceptors (Lipinski definition) is 4. The molecule has 1 aliphatic rings. The van der Waals surface area contributed by atoms with Gasteiger partial charge in [-0.1, -0.05) is 6.07 Å². The zero-order valence-corrected chi connectivity index (χ0v) is 12.6. The van der Waals surface area contributed by atoms with E-state index in [1.54, 1.807) is 6.07 Å². The van der Waals surface area contributed by atoms with Crippen molar-refractivity contribution in [1.29, 1.82) is 0 Å². The second-order valence-electron chi connectivity index (χ2n) is 4.32. The number of halogens is 1. The highest BCUT2D eigenvalue weighted by Gasteiger charge is 2.35. The maximum absolute atomic E-state index is 12.2. The Balaban J connectivity index is 2.24. The van der Waals surface area contributed by atoms with Crippen LogP contribution in [0.3, 0.4) is 0 Å². The van der Waals surface area contributed by atoms with Crippen molar-refractivity contribution in [3.63, 3.8) is 0 Å². The lowest BCUT2D eigenvalue weighted by Gasteiger charge is -2.26. The van der Waals surface area contributed by atoms with Crippen molar-refractivity contribution in [2.45, 2.75) is 16.6 Å². The SMILES string of the molecule is CNCCc1ccc(S(=O)(=O)C2COC2)c(Br)c1. The van der Waals surface area contributed by atoms with Crippen molar-refractivity contribution in [1.82, 2.24) is 5.32 Å². The summed E-state index contributed by atoms with van der Waals surface area (Å²) in [4.78, 5) is 0.365. The normalized spacial score (nSPS) is 16.6. The first-order valence-corrected chi connectivity index (χ1v) is 8.14. The lowest BCUT2D eigenvalue weighted by atomic mass is 10.1. The maximum atomic E-state index is 12.2. The second-order valence-corrected chi connectivity index (χ2v) is 7.37. The van der Waals surface area contributed by atoms with Crippen LogP contribution < -0.4 is 5.32 Å². The molecule has 1 fully saturated rings. The fourth-order valence-corrected chi connectivity index (χ4v) is 4.37. The van der Waals surface area contributed by atoms with Crippen molar-refractivity contribution < 1.29 is 13.2 Å². The van der Waals surface area contributed by atoms with E-state index in [0.29, 0.717) is 22.6 Å². The number of ether oxygens (including phenoxy) is 1. The predicted octanol–water partition coefficient (Wildman–Crippen LogP) is 1.38. The molecular formula is C12H16BrNO3S. The molecule has 0 spiro atoms. The van der Waals surface area contributed by atoms with Gasteiger partial charge >= 0.3 is 0 Å². The molecule has 0 bridgehead atoms. The molecule has 18 heavy (non-hydrogen) atoms. The third kappa shape index (κ3) is 2.77. The fourth-order valence-electron chi connectivity index (χ4n) is 1.77. The Morgan fingerprint density at radius 1 is 1.44 bits per heavy atom. The minimum Gasteiger partial charge on any atom is -0.379 e. The zero-order chi connectivity index (χ0) is 13.2. The van der Waals surface area contributed by atoms with Crippen LogP contribution in [0.4, 0.5) is 0 Å². The van der Waals surface area contributed by atoms with E-state index < -0.39 is 15.1 Å². The first kappa shape index (κ1) is 14.0. The standard InChI is InChI=1S/C12H16BrNO3S/c1-14-5-4-9-2-3-12(11(13)6-9)18(15,16)10-7-17-8-10/h2-3,6,10,14H,4-5,7-8H2,1H3. The van der Waals surface area contributed by atoms with Gasteiger partial charge in [0.1, 0.15) is 5.25 Å². The first-order chi connectivity index (χ1) is 8.55. The Bertz CT molecular complexity index is 526. The number of hydrogen-bond donors (Lipinski definition) is 1. The molecule has 1 N–H and O–H groups in total. The molecular weight excluding hydrogens is 318 g/mol. The average Bonchev–Trinajstić information content (AvgIpc) is 2.22. The van der Waals surface area contributed by atoms with Crippen LogP contribution in [0.25, 0.3) is 0 Å². The van der Waals surface area contributed by atoms with E-state index in [1.165, 1.54) is 0 Å². The van der Waals surface area contributed by atoms with Gasteiger partial charge in [0.25, 0.3) is 0 Å². The highest BCUT2D eigenvalue weighted by atomic mass is 79.9. The summed E-state index contributed by atoms with van der Waals surface area (Å²) in [6, 6.07) is 5.43. The molecule has 0 radical (unpaired) electrons. The van der Waals surface area contributed by atoms with Gasteiger partial charge in [0.15, 0.2) is 9.84 Å². The molecule has 0 saturated carbocycles. The maximum Gasteiger partial charge on any atom is 0.186 e. The Kier molecular flexibility index (Phi) is 4.42. The van der Waals surface area contributed by atoms with E-state index in [1.807, 2.05) is 19.2 Å². The molecule has 4 nitrogen and oxygen atoms in total. The van der Waals surface area contributed by atoms with E-state index in [0.717, 1.165) is 18.5 Å². The summed E-state index contributed by atoms with van der Waals surface area (Å²) in [5.74, 6) is 0. The third-order valence-electron chi connectivity index (χ3n) is 3.01. The molecule has 0 atom stereocenters. The average molecular weight is 334 g/mol. The molecule has 100 valence electrons. The number of sulfone groups is 1. The Labute approximate surface area is 116 Å². The van der Waals surface area contributed by atoms with Gasteiger partial charge in [-0.05, 0) is 53.6 Å². The quantitative estimate of drug-likeness (QED) is 0.884. The molecule has 0 amide bonds. The molecule has 0 unspecified atom stereocenters. The minimum atomic E-state index is -3.26. The molecule has 1 saturated heterocycles. The van der Waals surface area contributed by atoms with Crippen molar-refractivity contribution in [3.8, 4) is 0 Å².